The minimum absolute atomic E-state index is 0.277. The number of anilines is 1. The lowest BCUT2D eigenvalue weighted by Gasteiger charge is -2.10. The SMILES string of the molecule is CC(C)OCCn1ccc2cccc(N)c21. The topological polar surface area (TPSA) is 40.2 Å². The molecular weight excluding hydrogens is 200 g/mol. The fourth-order valence-corrected chi connectivity index (χ4v) is 1.86. The lowest BCUT2D eigenvalue weighted by Crippen LogP contribution is -2.10. The fourth-order valence-electron chi connectivity index (χ4n) is 1.86. The zero-order valence-corrected chi connectivity index (χ0v) is 9.81. The molecule has 2 aromatic rings. The Balaban J connectivity index is 2.18. The number of nitrogen functional groups attached to an aromatic ring is 1. The molecule has 0 unspecified atom stereocenters. The predicted molar refractivity (Wildman–Crippen MR) is 67.4 cm³/mol. The normalized spacial score (nSPS) is 11.4. The Morgan fingerprint density at radius 1 is 1.31 bits per heavy atom. The number of fused-ring (bicyclic) bond motifs is 1. The summed E-state index contributed by atoms with van der Waals surface area (Å²) in [5.41, 5.74) is 7.90. The number of hydrogen-bond donors (Lipinski definition) is 1. The summed E-state index contributed by atoms with van der Waals surface area (Å²) in [7, 11) is 0. The van der Waals surface area contributed by atoms with E-state index in [2.05, 4.69) is 22.9 Å². The average Bonchev–Trinajstić information content (AvgIpc) is 2.62. The molecule has 0 fully saturated rings. The van der Waals surface area contributed by atoms with Crippen LogP contribution in [0.2, 0.25) is 0 Å². The number of benzene rings is 1. The molecule has 3 heteroatoms. The van der Waals surface area contributed by atoms with Crippen molar-refractivity contribution in [2.45, 2.75) is 26.5 Å². The van der Waals surface area contributed by atoms with Crippen LogP contribution in [-0.2, 0) is 11.3 Å². The summed E-state index contributed by atoms with van der Waals surface area (Å²) in [6, 6.07) is 8.07. The van der Waals surface area contributed by atoms with E-state index in [0.717, 1.165) is 24.4 Å². The number of rotatable bonds is 4. The maximum Gasteiger partial charge on any atom is 0.0714 e. The van der Waals surface area contributed by atoms with Gasteiger partial charge in [-0.1, -0.05) is 12.1 Å². The molecule has 0 bridgehead atoms. The van der Waals surface area contributed by atoms with Crippen molar-refractivity contribution in [2.24, 2.45) is 0 Å². The summed E-state index contributed by atoms with van der Waals surface area (Å²) in [5.74, 6) is 0. The van der Waals surface area contributed by atoms with E-state index < -0.39 is 0 Å². The van der Waals surface area contributed by atoms with Gasteiger partial charge in [0.05, 0.1) is 23.9 Å². The van der Waals surface area contributed by atoms with Crippen LogP contribution in [0.5, 0.6) is 0 Å². The second kappa shape index (κ2) is 4.58. The van der Waals surface area contributed by atoms with Gasteiger partial charge >= 0.3 is 0 Å². The summed E-state index contributed by atoms with van der Waals surface area (Å²) >= 11 is 0. The number of ether oxygens (including phenoxy) is 1. The molecule has 0 atom stereocenters. The molecule has 0 radical (unpaired) electrons. The van der Waals surface area contributed by atoms with Crippen LogP contribution in [0.25, 0.3) is 10.9 Å². The van der Waals surface area contributed by atoms with Gasteiger partial charge in [0.1, 0.15) is 0 Å². The standard InChI is InChI=1S/C13H18N2O/c1-10(2)16-9-8-15-7-6-11-4-3-5-12(14)13(11)15/h3-7,10H,8-9,14H2,1-2H3. The first-order valence-corrected chi connectivity index (χ1v) is 5.63. The maximum absolute atomic E-state index is 5.97. The van der Waals surface area contributed by atoms with Crippen molar-refractivity contribution in [3.63, 3.8) is 0 Å². The average molecular weight is 218 g/mol. The van der Waals surface area contributed by atoms with Gasteiger partial charge in [-0.05, 0) is 26.0 Å². The highest BCUT2D eigenvalue weighted by Gasteiger charge is 2.04. The second-order valence-corrected chi connectivity index (χ2v) is 4.21. The van der Waals surface area contributed by atoms with Crippen molar-refractivity contribution in [1.82, 2.24) is 4.57 Å². The molecule has 1 aromatic heterocycles. The molecule has 2 rings (SSSR count). The molecule has 86 valence electrons. The number of para-hydroxylation sites is 1. The minimum Gasteiger partial charge on any atom is -0.397 e. The Bertz CT molecular complexity index is 474. The van der Waals surface area contributed by atoms with Gasteiger partial charge in [-0.2, -0.15) is 0 Å². The molecule has 0 spiro atoms. The van der Waals surface area contributed by atoms with Crippen molar-refractivity contribution < 1.29 is 4.74 Å². The van der Waals surface area contributed by atoms with Gasteiger partial charge in [0, 0.05) is 18.1 Å². The first-order valence-electron chi connectivity index (χ1n) is 5.63. The Kier molecular flexibility index (Phi) is 3.15. The lowest BCUT2D eigenvalue weighted by atomic mass is 10.2. The molecular formula is C13H18N2O. The molecule has 0 aliphatic rings. The number of nitrogens with zero attached hydrogens (tertiary/aromatic N) is 1. The van der Waals surface area contributed by atoms with Crippen molar-refractivity contribution in [1.29, 1.82) is 0 Å². The number of nitrogens with two attached hydrogens (primary N) is 1. The third-order valence-electron chi connectivity index (χ3n) is 2.60. The highest BCUT2D eigenvalue weighted by atomic mass is 16.5. The molecule has 0 aliphatic carbocycles. The molecule has 3 nitrogen and oxygen atoms in total. The zero-order valence-electron chi connectivity index (χ0n) is 9.81. The quantitative estimate of drug-likeness (QED) is 0.801. The van der Waals surface area contributed by atoms with Crippen LogP contribution in [0.4, 0.5) is 5.69 Å². The van der Waals surface area contributed by atoms with E-state index in [1.807, 2.05) is 26.0 Å². The molecule has 0 saturated heterocycles. The van der Waals surface area contributed by atoms with E-state index in [1.54, 1.807) is 0 Å². The van der Waals surface area contributed by atoms with Crippen molar-refractivity contribution in [3.05, 3.63) is 30.5 Å². The van der Waals surface area contributed by atoms with Gasteiger partial charge < -0.3 is 15.0 Å². The monoisotopic (exact) mass is 218 g/mol. The van der Waals surface area contributed by atoms with Gasteiger partial charge in [0.15, 0.2) is 0 Å². The van der Waals surface area contributed by atoms with Crippen LogP contribution in [0.15, 0.2) is 30.5 Å². The Morgan fingerprint density at radius 3 is 2.88 bits per heavy atom. The van der Waals surface area contributed by atoms with Gasteiger partial charge in [-0.3, -0.25) is 0 Å². The first-order chi connectivity index (χ1) is 7.68. The maximum atomic E-state index is 5.97. The molecule has 0 amide bonds. The van der Waals surface area contributed by atoms with E-state index in [4.69, 9.17) is 10.5 Å². The van der Waals surface area contributed by atoms with Crippen molar-refractivity contribution >= 4 is 16.6 Å². The van der Waals surface area contributed by atoms with Crippen molar-refractivity contribution in [2.75, 3.05) is 12.3 Å². The summed E-state index contributed by atoms with van der Waals surface area (Å²) in [6.07, 6.45) is 2.34. The molecule has 0 saturated carbocycles. The smallest absolute Gasteiger partial charge is 0.0714 e. The predicted octanol–water partition coefficient (Wildman–Crippen LogP) is 2.65. The number of aromatic nitrogens is 1. The largest absolute Gasteiger partial charge is 0.397 e. The van der Waals surface area contributed by atoms with Crippen LogP contribution >= 0.6 is 0 Å². The van der Waals surface area contributed by atoms with E-state index >= 15 is 0 Å². The molecule has 1 heterocycles. The van der Waals surface area contributed by atoms with Gasteiger partial charge in [0.2, 0.25) is 0 Å². The van der Waals surface area contributed by atoms with E-state index in [1.165, 1.54) is 5.39 Å². The van der Waals surface area contributed by atoms with Crippen LogP contribution < -0.4 is 5.73 Å². The van der Waals surface area contributed by atoms with Gasteiger partial charge in [0.25, 0.3) is 0 Å². The Hall–Kier alpha value is -1.48. The van der Waals surface area contributed by atoms with E-state index in [-0.39, 0.29) is 6.10 Å². The van der Waals surface area contributed by atoms with Crippen molar-refractivity contribution in [3.8, 4) is 0 Å². The summed E-state index contributed by atoms with van der Waals surface area (Å²) in [6.45, 7) is 5.65. The van der Waals surface area contributed by atoms with Crippen LogP contribution in [-0.4, -0.2) is 17.3 Å². The van der Waals surface area contributed by atoms with E-state index in [9.17, 15) is 0 Å². The molecule has 0 aliphatic heterocycles. The van der Waals surface area contributed by atoms with Crippen LogP contribution in [0.3, 0.4) is 0 Å². The Labute approximate surface area is 95.8 Å². The molecule has 16 heavy (non-hydrogen) atoms. The second-order valence-electron chi connectivity index (χ2n) is 4.21. The Morgan fingerprint density at radius 2 is 2.12 bits per heavy atom. The fraction of sp³-hybridized carbons (Fsp3) is 0.385. The lowest BCUT2D eigenvalue weighted by molar-refractivity contribution is 0.0734. The third kappa shape index (κ3) is 2.19. The van der Waals surface area contributed by atoms with Crippen LogP contribution in [0, 0.1) is 0 Å². The summed E-state index contributed by atoms with van der Waals surface area (Å²) in [5, 5.41) is 1.18. The molecule has 1 aromatic carbocycles. The first kappa shape index (κ1) is 11.0. The van der Waals surface area contributed by atoms with Crippen LogP contribution in [0.1, 0.15) is 13.8 Å². The minimum atomic E-state index is 0.277. The molecule has 2 N–H and O–H groups in total. The summed E-state index contributed by atoms with van der Waals surface area (Å²) in [4.78, 5) is 0. The highest BCUT2D eigenvalue weighted by Crippen LogP contribution is 2.21. The number of hydrogen-bond acceptors (Lipinski definition) is 2. The highest BCUT2D eigenvalue weighted by molar-refractivity contribution is 5.90. The van der Waals surface area contributed by atoms with Gasteiger partial charge in [-0.25, -0.2) is 0 Å². The van der Waals surface area contributed by atoms with E-state index in [0.29, 0.717) is 0 Å². The van der Waals surface area contributed by atoms with Gasteiger partial charge in [-0.15, -0.1) is 0 Å². The summed E-state index contributed by atoms with van der Waals surface area (Å²) < 4.78 is 7.69. The third-order valence-corrected chi connectivity index (χ3v) is 2.60. The zero-order chi connectivity index (χ0) is 11.5.